The highest BCUT2D eigenvalue weighted by Gasteiger charge is 2.13. The van der Waals surface area contributed by atoms with Crippen molar-refractivity contribution in [3.63, 3.8) is 0 Å². The van der Waals surface area contributed by atoms with Crippen LogP contribution in [0.4, 0.5) is 5.82 Å². The normalized spacial score (nSPS) is 17.7. The molecule has 6 heteroatoms. The highest BCUT2D eigenvalue weighted by atomic mass is 16.2. The van der Waals surface area contributed by atoms with Crippen molar-refractivity contribution in [2.75, 3.05) is 38.0 Å². The molecule has 1 saturated heterocycles. The number of nitrogens with zero attached hydrogens (tertiary/aromatic N) is 3. The zero-order valence-corrected chi connectivity index (χ0v) is 10.1. The Morgan fingerprint density at radius 1 is 1.53 bits per heavy atom. The average Bonchev–Trinajstić information content (AvgIpc) is 2.53. The van der Waals surface area contributed by atoms with Crippen LogP contribution in [0, 0.1) is 0 Å². The van der Waals surface area contributed by atoms with Crippen LogP contribution in [0.25, 0.3) is 0 Å². The van der Waals surface area contributed by atoms with Gasteiger partial charge in [0.25, 0.3) is 0 Å². The van der Waals surface area contributed by atoms with Crippen molar-refractivity contribution in [3.8, 4) is 0 Å². The second kappa shape index (κ2) is 5.79. The van der Waals surface area contributed by atoms with Gasteiger partial charge in [-0.05, 0) is 19.5 Å². The Morgan fingerprint density at radius 2 is 2.41 bits per heavy atom. The third-order valence-electron chi connectivity index (χ3n) is 2.78. The minimum Gasteiger partial charge on any atom is -0.315 e. The lowest BCUT2D eigenvalue weighted by Gasteiger charge is -2.18. The Bertz CT molecular complexity index is 368. The largest absolute Gasteiger partial charge is 0.315 e. The summed E-state index contributed by atoms with van der Waals surface area (Å²) in [5.41, 5.74) is 0. The molecule has 0 saturated carbocycles. The number of carbonyl (C=O) groups is 1. The van der Waals surface area contributed by atoms with E-state index in [2.05, 4.69) is 20.6 Å². The first-order chi connectivity index (χ1) is 8.24. The van der Waals surface area contributed by atoms with Gasteiger partial charge in [-0.1, -0.05) is 0 Å². The number of aryl methyl sites for hydroxylation is 1. The Kier molecular flexibility index (Phi) is 4.11. The predicted molar refractivity (Wildman–Crippen MR) is 65.8 cm³/mol. The molecule has 1 aliphatic heterocycles. The molecule has 2 rings (SSSR count). The topological polar surface area (TPSA) is 62.2 Å². The monoisotopic (exact) mass is 237 g/mol. The third kappa shape index (κ3) is 3.83. The van der Waals surface area contributed by atoms with Crippen LogP contribution in [-0.4, -0.2) is 53.3 Å². The molecule has 0 spiro atoms. The maximum atomic E-state index is 11.8. The molecule has 0 aromatic carbocycles. The first kappa shape index (κ1) is 12.1. The minimum atomic E-state index is 0.00519. The van der Waals surface area contributed by atoms with E-state index in [1.165, 1.54) is 0 Å². The summed E-state index contributed by atoms with van der Waals surface area (Å²) in [6.45, 7) is 4.34. The molecule has 0 bridgehead atoms. The van der Waals surface area contributed by atoms with Gasteiger partial charge in [-0.25, -0.2) is 0 Å². The predicted octanol–water partition coefficient (Wildman–Crippen LogP) is -0.346. The summed E-state index contributed by atoms with van der Waals surface area (Å²) >= 11 is 0. The number of carbonyl (C=O) groups excluding carboxylic acids is 1. The van der Waals surface area contributed by atoms with Crippen LogP contribution in [0.2, 0.25) is 0 Å². The summed E-state index contributed by atoms with van der Waals surface area (Å²) in [5, 5.41) is 10.2. The standard InChI is InChI=1S/C11H19N5O/c1-15-7-3-10(14-15)13-11(17)9-16-6-2-4-12-5-8-16/h3,7,12H,2,4-6,8-9H2,1H3,(H,13,14,17). The summed E-state index contributed by atoms with van der Waals surface area (Å²) in [7, 11) is 1.83. The van der Waals surface area contributed by atoms with Crippen LogP contribution in [0.3, 0.4) is 0 Å². The maximum Gasteiger partial charge on any atom is 0.239 e. The van der Waals surface area contributed by atoms with Crippen molar-refractivity contribution in [1.82, 2.24) is 20.0 Å². The molecule has 2 heterocycles. The highest BCUT2D eigenvalue weighted by molar-refractivity contribution is 5.91. The number of aromatic nitrogens is 2. The quantitative estimate of drug-likeness (QED) is 0.754. The van der Waals surface area contributed by atoms with Gasteiger partial charge in [0, 0.05) is 32.4 Å². The van der Waals surface area contributed by atoms with Crippen LogP contribution in [-0.2, 0) is 11.8 Å². The van der Waals surface area contributed by atoms with E-state index in [-0.39, 0.29) is 5.91 Å². The first-order valence-corrected chi connectivity index (χ1v) is 5.96. The summed E-state index contributed by atoms with van der Waals surface area (Å²) in [6, 6.07) is 1.79. The summed E-state index contributed by atoms with van der Waals surface area (Å²) in [6.07, 6.45) is 2.91. The SMILES string of the molecule is Cn1ccc(NC(=O)CN2CCCNCC2)n1. The molecule has 17 heavy (non-hydrogen) atoms. The Balaban J connectivity index is 1.80. The molecule has 1 fully saturated rings. The molecule has 1 aromatic heterocycles. The van der Waals surface area contributed by atoms with E-state index in [0.717, 1.165) is 32.6 Å². The van der Waals surface area contributed by atoms with E-state index in [0.29, 0.717) is 12.4 Å². The fraction of sp³-hybridized carbons (Fsp3) is 0.636. The van der Waals surface area contributed by atoms with Gasteiger partial charge in [-0.2, -0.15) is 5.10 Å². The molecular formula is C11H19N5O. The van der Waals surface area contributed by atoms with Gasteiger partial charge in [0.15, 0.2) is 5.82 Å². The van der Waals surface area contributed by atoms with E-state index < -0.39 is 0 Å². The molecule has 94 valence electrons. The van der Waals surface area contributed by atoms with Crippen LogP contribution >= 0.6 is 0 Å². The molecule has 0 radical (unpaired) electrons. The molecule has 0 atom stereocenters. The summed E-state index contributed by atoms with van der Waals surface area (Å²) < 4.78 is 1.67. The number of nitrogens with one attached hydrogen (secondary N) is 2. The number of rotatable bonds is 3. The number of hydrogen-bond acceptors (Lipinski definition) is 4. The van der Waals surface area contributed by atoms with E-state index in [1.807, 2.05) is 13.2 Å². The summed E-state index contributed by atoms with van der Waals surface area (Å²) in [5.74, 6) is 0.621. The van der Waals surface area contributed by atoms with Crippen molar-refractivity contribution in [3.05, 3.63) is 12.3 Å². The van der Waals surface area contributed by atoms with Gasteiger partial charge < -0.3 is 10.6 Å². The lowest BCUT2D eigenvalue weighted by molar-refractivity contribution is -0.117. The highest BCUT2D eigenvalue weighted by Crippen LogP contribution is 2.01. The molecule has 1 aliphatic rings. The van der Waals surface area contributed by atoms with Crippen molar-refractivity contribution < 1.29 is 4.79 Å². The number of anilines is 1. The van der Waals surface area contributed by atoms with Crippen molar-refractivity contribution in [1.29, 1.82) is 0 Å². The fourth-order valence-corrected chi connectivity index (χ4v) is 1.93. The Morgan fingerprint density at radius 3 is 3.18 bits per heavy atom. The second-order valence-corrected chi connectivity index (χ2v) is 4.30. The van der Waals surface area contributed by atoms with E-state index in [4.69, 9.17) is 0 Å². The molecule has 0 aliphatic carbocycles. The van der Waals surface area contributed by atoms with Crippen molar-refractivity contribution in [2.24, 2.45) is 7.05 Å². The maximum absolute atomic E-state index is 11.8. The van der Waals surface area contributed by atoms with Crippen molar-refractivity contribution in [2.45, 2.75) is 6.42 Å². The van der Waals surface area contributed by atoms with Crippen LogP contribution in [0.15, 0.2) is 12.3 Å². The smallest absolute Gasteiger partial charge is 0.239 e. The average molecular weight is 237 g/mol. The molecule has 2 N–H and O–H groups in total. The first-order valence-electron chi connectivity index (χ1n) is 5.96. The van der Waals surface area contributed by atoms with Crippen LogP contribution < -0.4 is 10.6 Å². The zero-order valence-electron chi connectivity index (χ0n) is 10.1. The van der Waals surface area contributed by atoms with Gasteiger partial charge in [-0.15, -0.1) is 0 Å². The van der Waals surface area contributed by atoms with E-state index in [9.17, 15) is 4.79 Å². The Hall–Kier alpha value is -1.40. The molecular weight excluding hydrogens is 218 g/mol. The molecule has 6 nitrogen and oxygen atoms in total. The van der Waals surface area contributed by atoms with Gasteiger partial charge in [0.2, 0.25) is 5.91 Å². The van der Waals surface area contributed by atoms with Gasteiger partial charge >= 0.3 is 0 Å². The zero-order chi connectivity index (χ0) is 12.1. The minimum absolute atomic E-state index is 0.00519. The molecule has 0 unspecified atom stereocenters. The lowest BCUT2D eigenvalue weighted by atomic mass is 10.4. The van der Waals surface area contributed by atoms with Gasteiger partial charge in [0.1, 0.15) is 0 Å². The second-order valence-electron chi connectivity index (χ2n) is 4.30. The van der Waals surface area contributed by atoms with Crippen LogP contribution in [0.1, 0.15) is 6.42 Å². The lowest BCUT2D eigenvalue weighted by Crippen LogP contribution is -2.35. The molecule has 1 aromatic rings. The number of hydrogen-bond donors (Lipinski definition) is 2. The van der Waals surface area contributed by atoms with Crippen molar-refractivity contribution >= 4 is 11.7 Å². The van der Waals surface area contributed by atoms with Gasteiger partial charge in [0.05, 0.1) is 6.54 Å². The fourth-order valence-electron chi connectivity index (χ4n) is 1.93. The summed E-state index contributed by atoms with van der Waals surface area (Å²) in [4.78, 5) is 13.9. The number of amides is 1. The van der Waals surface area contributed by atoms with E-state index in [1.54, 1.807) is 10.7 Å². The third-order valence-corrected chi connectivity index (χ3v) is 2.78. The molecule has 1 amide bonds. The van der Waals surface area contributed by atoms with Crippen LogP contribution in [0.5, 0.6) is 0 Å². The van der Waals surface area contributed by atoms with E-state index >= 15 is 0 Å². The Labute approximate surface area is 101 Å². The van der Waals surface area contributed by atoms with Gasteiger partial charge in [-0.3, -0.25) is 14.4 Å².